The molecule has 11 heteroatoms. The van der Waals surface area contributed by atoms with Crippen LogP contribution in [-0.4, -0.2) is 63.6 Å². The summed E-state index contributed by atoms with van der Waals surface area (Å²) in [5, 5.41) is 0. The van der Waals surface area contributed by atoms with Crippen molar-refractivity contribution in [2.75, 3.05) is 45.8 Å². The summed E-state index contributed by atoms with van der Waals surface area (Å²) in [4.78, 5) is 66.8. The van der Waals surface area contributed by atoms with E-state index in [1.54, 1.807) is 0 Å². The number of carbonyl (C=O) groups is 4. The zero-order valence-corrected chi connectivity index (χ0v) is 47.5. The van der Waals surface area contributed by atoms with Gasteiger partial charge < -0.3 is 0 Å². The summed E-state index contributed by atoms with van der Waals surface area (Å²) in [5.74, 6) is -0.410. The molecule has 5 heterocycles. The first-order valence-electron chi connectivity index (χ1n) is 26.5. The maximum atomic E-state index is 14.9. The minimum atomic E-state index is -3.54. The van der Waals surface area contributed by atoms with Crippen molar-refractivity contribution in [2.24, 2.45) is 0 Å². The van der Waals surface area contributed by atoms with Gasteiger partial charge >= 0.3 is 414 Å². The van der Waals surface area contributed by atoms with Gasteiger partial charge in [-0.2, -0.15) is 0 Å². The summed E-state index contributed by atoms with van der Waals surface area (Å²) in [6, 6.07) is 28.6. The summed E-state index contributed by atoms with van der Waals surface area (Å²) in [5.41, 5.74) is 10.7. The summed E-state index contributed by atoms with van der Waals surface area (Å²) in [6.45, 7) is 11.2. The summed E-state index contributed by atoms with van der Waals surface area (Å²) in [6.07, 6.45) is 21.0. The van der Waals surface area contributed by atoms with Crippen LogP contribution in [0.15, 0.2) is 97.1 Å². The van der Waals surface area contributed by atoms with Gasteiger partial charge in [0, 0.05) is 0 Å². The average Bonchev–Trinajstić information content (AvgIpc) is 4.10. The summed E-state index contributed by atoms with van der Waals surface area (Å²) in [7, 11) is 0. The quantitative estimate of drug-likeness (QED) is 0.0446. The average molecular weight is 1200 g/mol. The molecule has 5 aliphatic heterocycles. The molecular weight excluding hydrogens is 1130 g/mol. The molecule has 8 nitrogen and oxygen atoms in total. The van der Waals surface area contributed by atoms with E-state index >= 15 is 0 Å². The van der Waals surface area contributed by atoms with E-state index in [0.29, 0.717) is 48.5 Å². The number of rotatable bonds is 22. The Morgan fingerprint density at radius 2 is 0.662 bits per heavy atom. The number of allylic oxidation sites excluding steroid dienone is 2. The summed E-state index contributed by atoms with van der Waals surface area (Å²) >= 11 is 5.13. The monoisotopic (exact) mass is 1200 g/mol. The second kappa shape index (κ2) is 22.7. The van der Waals surface area contributed by atoms with Crippen molar-refractivity contribution >= 4 is 115 Å². The number of hydrogen-bond donors (Lipinski definition) is 0. The molecule has 71 heavy (non-hydrogen) atoms. The second-order valence-corrected chi connectivity index (χ2v) is 43.6. The van der Waals surface area contributed by atoms with Crippen LogP contribution in [0.4, 0.5) is 22.7 Å². The molecule has 0 saturated carbocycles. The second-order valence-electron chi connectivity index (χ2n) is 19.6. The molecule has 5 aliphatic rings. The molecule has 0 atom stereocenters. The van der Waals surface area contributed by atoms with E-state index in [1.165, 1.54) is 0 Å². The van der Waals surface area contributed by atoms with E-state index in [-0.39, 0.29) is 23.6 Å². The van der Waals surface area contributed by atoms with Crippen LogP contribution in [0.2, 0.25) is 0 Å². The van der Waals surface area contributed by atoms with Crippen molar-refractivity contribution in [3.05, 3.63) is 130 Å². The fourth-order valence-electron chi connectivity index (χ4n) is 11.1. The fourth-order valence-corrected chi connectivity index (χ4v) is 23.5. The number of halogens is 2. The van der Waals surface area contributed by atoms with E-state index in [1.807, 2.05) is 68.1 Å². The van der Waals surface area contributed by atoms with Crippen LogP contribution in [0, 0.1) is 0 Å². The first-order chi connectivity index (χ1) is 34.6. The number of anilines is 4. The van der Waals surface area contributed by atoms with E-state index < -0.39 is 13.8 Å². The predicted octanol–water partition coefficient (Wildman–Crippen LogP) is 15.0. The molecule has 4 aromatic rings. The van der Waals surface area contributed by atoms with Crippen LogP contribution in [0.5, 0.6) is 0 Å². The molecule has 9 rings (SSSR count). The van der Waals surface area contributed by atoms with Crippen LogP contribution in [0.25, 0.3) is 29.5 Å². The van der Waals surface area contributed by atoms with Gasteiger partial charge in [-0.05, 0) is 0 Å². The Kier molecular flexibility index (Phi) is 16.4. The van der Waals surface area contributed by atoms with Gasteiger partial charge in [0.15, 0.2) is 0 Å². The number of hydrogen-bond acceptors (Lipinski definition) is 4. The Bertz CT molecular complexity index is 2690. The van der Waals surface area contributed by atoms with Crippen molar-refractivity contribution in [1.82, 2.24) is 0 Å². The van der Waals surface area contributed by atoms with Gasteiger partial charge in [0.25, 0.3) is 0 Å². The SMILES string of the molecule is CCCCCCN1C(=O)/C(=C2\C(=O)N(CCCCCC)c3ccc(C4=CC=C(c5ccc6c(c5)/C(=C5\C(=O)N(CCCCCC)c7ccccc75)C(=O)N6CCCCCC)[Te]4(Br)Br)cc32)c2ccccc21. The van der Waals surface area contributed by atoms with Gasteiger partial charge in [0.2, 0.25) is 0 Å². The van der Waals surface area contributed by atoms with Crippen LogP contribution in [-0.2, 0) is 19.2 Å². The molecule has 0 radical (unpaired) electrons. The minimum absolute atomic E-state index is 0.0983. The fraction of sp³-hybridized carbons (Fsp3) is 0.400. The van der Waals surface area contributed by atoms with Crippen molar-refractivity contribution in [3.63, 3.8) is 0 Å². The Balaban J connectivity index is 1.09. The number of amides is 4. The van der Waals surface area contributed by atoms with Crippen LogP contribution < -0.4 is 19.6 Å². The van der Waals surface area contributed by atoms with Gasteiger partial charge in [0.1, 0.15) is 0 Å². The predicted molar refractivity (Wildman–Crippen MR) is 305 cm³/mol. The molecule has 0 fully saturated rings. The Hall–Kier alpha value is -4.53. The van der Waals surface area contributed by atoms with Gasteiger partial charge in [0.05, 0.1) is 0 Å². The molecule has 0 unspecified atom stereocenters. The molecule has 0 bridgehead atoms. The number of nitrogens with zero attached hydrogens (tertiary/aromatic N) is 4. The third kappa shape index (κ3) is 9.75. The van der Waals surface area contributed by atoms with Crippen molar-refractivity contribution in [3.8, 4) is 0 Å². The van der Waals surface area contributed by atoms with Crippen LogP contribution in [0.1, 0.15) is 164 Å². The standard InChI is InChI=1S/C60H68Br2N4O4Te/c1-5-9-13-21-35-63-47-27-19-17-25-43(47)53(57(63)67)55-45-39-41(29-31-49(45)65(59(55)69)37-23-15-11-7-3)51-33-34-52(71(51,61)62)42-30-32-50-46(40-42)56(60(70)66(50)38-24-16-12-8-4)54-44-26-18-20-28-48(44)64(58(54)68)36-22-14-10-6-2/h17-20,25-34,39-40H,5-16,21-24,35-38H2,1-4H3/b55-53-,56-54+. The van der Waals surface area contributed by atoms with Crippen molar-refractivity contribution in [2.45, 2.75) is 130 Å². The van der Waals surface area contributed by atoms with E-state index in [4.69, 9.17) is 0 Å². The number of para-hydroxylation sites is 2. The number of unbranched alkanes of at least 4 members (excludes halogenated alkanes) is 12. The molecule has 0 N–H and O–H groups in total. The zero-order valence-electron chi connectivity index (χ0n) is 42.0. The molecule has 0 aromatic heterocycles. The molecule has 0 spiro atoms. The zero-order chi connectivity index (χ0) is 49.8. The van der Waals surface area contributed by atoms with Crippen LogP contribution in [0.3, 0.4) is 0 Å². The Labute approximate surface area is 437 Å². The molecule has 0 saturated heterocycles. The molecule has 372 valence electrons. The first-order valence-corrected chi connectivity index (χ1v) is 39.2. The van der Waals surface area contributed by atoms with Crippen molar-refractivity contribution < 1.29 is 19.2 Å². The Morgan fingerprint density at radius 3 is 0.986 bits per heavy atom. The van der Waals surface area contributed by atoms with E-state index in [2.05, 4.69) is 102 Å². The number of fused-ring (bicyclic) bond motifs is 4. The molecular formula is C60H68Br2N4O4Te. The van der Waals surface area contributed by atoms with Crippen molar-refractivity contribution in [1.29, 1.82) is 0 Å². The number of benzene rings is 4. The van der Waals surface area contributed by atoms with E-state index in [0.717, 1.165) is 166 Å². The molecule has 4 amide bonds. The molecule has 0 aliphatic carbocycles. The topological polar surface area (TPSA) is 81.2 Å². The summed E-state index contributed by atoms with van der Waals surface area (Å²) < 4.78 is 2.26. The number of carbonyl (C=O) groups excluding carboxylic acids is 4. The third-order valence-corrected chi connectivity index (χ3v) is 29.5. The first kappa shape index (κ1) is 51.4. The van der Waals surface area contributed by atoms with Gasteiger partial charge in [-0.3, -0.25) is 0 Å². The van der Waals surface area contributed by atoms with Crippen LogP contribution >= 0.6 is 25.5 Å². The van der Waals surface area contributed by atoms with Gasteiger partial charge in [-0.25, -0.2) is 0 Å². The molecule has 4 aromatic carbocycles. The van der Waals surface area contributed by atoms with Gasteiger partial charge in [-0.15, -0.1) is 0 Å². The maximum absolute atomic E-state index is 14.9. The third-order valence-electron chi connectivity index (χ3n) is 14.8. The Morgan fingerprint density at radius 1 is 0.366 bits per heavy atom. The van der Waals surface area contributed by atoms with Gasteiger partial charge in [-0.1, -0.05) is 26.7 Å². The normalized spacial score (nSPS) is 19.2. The van der Waals surface area contributed by atoms with E-state index in [9.17, 15) is 19.2 Å².